The molecule has 15 heteroatoms. The van der Waals surface area contributed by atoms with Crippen molar-refractivity contribution < 1.29 is 31.8 Å². The summed E-state index contributed by atoms with van der Waals surface area (Å²) in [5.41, 5.74) is -0.0770. The number of nitrogens with zero attached hydrogens (tertiary/aromatic N) is 6. The number of ether oxygens (including phenoxy) is 3. The van der Waals surface area contributed by atoms with E-state index in [0.29, 0.717) is 31.2 Å². The van der Waals surface area contributed by atoms with Gasteiger partial charge in [-0.05, 0) is 67.7 Å². The number of imidazole rings is 1. The quantitative estimate of drug-likeness (QED) is 0.259. The predicted octanol–water partition coefficient (Wildman–Crippen LogP) is 5.69. The molecule has 2 fully saturated rings. The maximum Gasteiger partial charge on any atom is 0.435 e. The summed E-state index contributed by atoms with van der Waals surface area (Å²) in [5, 5.41) is 13.6. The highest BCUT2D eigenvalue weighted by molar-refractivity contribution is 6.30. The van der Waals surface area contributed by atoms with Crippen molar-refractivity contribution in [2.75, 3.05) is 19.7 Å². The van der Waals surface area contributed by atoms with Crippen molar-refractivity contribution >= 4 is 11.6 Å². The van der Waals surface area contributed by atoms with Gasteiger partial charge in [-0.25, -0.2) is 9.37 Å². The molecule has 2 aromatic heterocycles. The number of hydrogen-bond donors (Lipinski definition) is 1. The number of benzene rings is 2. The van der Waals surface area contributed by atoms with Crippen molar-refractivity contribution in [1.29, 1.82) is 0 Å². The lowest BCUT2D eigenvalue weighted by Crippen LogP contribution is -2.35. The second-order valence-corrected chi connectivity index (χ2v) is 11.8. The molecule has 2 aromatic carbocycles. The Kier molecular flexibility index (Phi) is 7.25. The van der Waals surface area contributed by atoms with Crippen LogP contribution >= 0.6 is 11.6 Å². The van der Waals surface area contributed by atoms with Gasteiger partial charge >= 0.3 is 6.18 Å². The zero-order valence-electron chi connectivity index (χ0n) is 23.6. The third-order valence-electron chi connectivity index (χ3n) is 8.48. The zero-order chi connectivity index (χ0) is 30.6. The van der Waals surface area contributed by atoms with Crippen LogP contribution in [-0.2, 0) is 29.8 Å². The standard InChI is InChI=1S/C29H28ClF4N7O3/c1-28(20-6-5-17(30)13-21(20)31)43-22-4-2-3-19(25(22)44-28)16-7-10-40(11-8-16)15-23-35-26(29(32,33)34)24(27-36-38-39-37-27)41(23)14-18-9-12-42-18/h2-6,13,16,18H,7-12,14-15H2,1H3,(H,36,37,38,39). The zero-order valence-corrected chi connectivity index (χ0v) is 24.3. The molecule has 2 atom stereocenters. The van der Waals surface area contributed by atoms with Crippen molar-refractivity contribution in [1.82, 2.24) is 35.1 Å². The van der Waals surface area contributed by atoms with E-state index >= 15 is 0 Å². The second-order valence-electron chi connectivity index (χ2n) is 11.3. The molecule has 3 aliphatic rings. The number of alkyl halides is 3. The SMILES string of the molecule is CC1(c2ccc(Cl)cc2F)Oc2cccc(C3CCN(Cc4nc(C(F)(F)F)c(-c5nn[nH]n5)n4CC4CCO4)CC3)c2O1. The number of halogens is 5. The van der Waals surface area contributed by atoms with Gasteiger partial charge in [0.15, 0.2) is 17.2 Å². The Morgan fingerprint density at radius 2 is 1.91 bits per heavy atom. The summed E-state index contributed by atoms with van der Waals surface area (Å²) in [4.78, 5) is 6.16. The maximum absolute atomic E-state index is 14.8. The van der Waals surface area contributed by atoms with Gasteiger partial charge in [0, 0.05) is 24.1 Å². The molecule has 2 unspecified atom stereocenters. The molecular weight excluding hydrogens is 606 g/mol. The molecule has 5 heterocycles. The van der Waals surface area contributed by atoms with Gasteiger partial charge in [-0.15, -0.1) is 10.2 Å². The predicted molar refractivity (Wildman–Crippen MR) is 148 cm³/mol. The Hall–Kier alpha value is -3.75. The number of H-pyrrole nitrogens is 1. The fourth-order valence-corrected chi connectivity index (χ4v) is 6.33. The minimum absolute atomic E-state index is 0.103. The largest absolute Gasteiger partial charge is 0.444 e. The third-order valence-corrected chi connectivity index (χ3v) is 8.71. The lowest BCUT2D eigenvalue weighted by Gasteiger charge is -2.33. The number of aromatic nitrogens is 6. The first-order valence-electron chi connectivity index (χ1n) is 14.3. The Bertz CT molecular complexity index is 1670. The number of likely N-dealkylation sites (tertiary alicyclic amines) is 1. The Morgan fingerprint density at radius 1 is 1.11 bits per heavy atom. The average Bonchev–Trinajstić information content (AvgIpc) is 3.68. The van der Waals surface area contributed by atoms with Crippen LogP contribution in [0.2, 0.25) is 5.02 Å². The van der Waals surface area contributed by atoms with Gasteiger partial charge in [-0.1, -0.05) is 23.7 Å². The molecule has 3 aliphatic heterocycles. The molecule has 0 aliphatic carbocycles. The van der Waals surface area contributed by atoms with E-state index in [-0.39, 0.29) is 53.0 Å². The molecule has 0 saturated carbocycles. The highest BCUT2D eigenvalue weighted by Gasteiger charge is 2.44. The van der Waals surface area contributed by atoms with E-state index in [9.17, 15) is 17.6 Å². The van der Waals surface area contributed by atoms with E-state index in [0.717, 1.165) is 24.8 Å². The first-order chi connectivity index (χ1) is 21.1. The second kappa shape index (κ2) is 11.0. The molecule has 0 radical (unpaired) electrons. The van der Waals surface area contributed by atoms with Crippen LogP contribution in [0, 0.1) is 5.82 Å². The van der Waals surface area contributed by atoms with Crippen LogP contribution in [0.15, 0.2) is 36.4 Å². The lowest BCUT2D eigenvalue weighted by atomic mass is 9.88. The minimum atomic E-state index is -4.71. The summed E-state index contributed by atoms with van der Waals surface area (Å²) < 4.78 is 76.7. The topological polar surface area (TPSA) is 103 Å². The first kappa shape index (κ1) is 29.0. The Morgan fingerprint density at radius 3 is 2.57 bits per heavy atom. The molecule has 44 heavy (non-hydrogen) atoms. The van der Waals surface area contributed by atoms with E-state index in [4.69, 9.17) is 25.8 Å². The average molecular weight is 634 g/mol. The molecule has 7 rings (SSSR count). The number of hydrogen-bond acceptors (Lipinski definition) is 8. The van der Waals surface area contributed by atoms with Gasteiger partial charge in [0.1, 0.15) is 17.3 Å². The van der Waals surface area contributed by atoms with E-state index in [1.54, 1.807) is 25.1 Å². The van der Waals surface area contributed by atoms with Crippen molar-refractivity contribution in [3.8, 4) is 23.0 Å². The molecule has 0 spiro atoms. The number of rotatable bonds is 7. The molecule has 0 bridgehead atoms. The summed E-state index contributed by atoms with van der Waals surface area (Å²) in [6.45, 7) is 3.88. The number of piperidine rings is 1. The Balaban J connectivity index is 1.10. The van der Waals surface area contributed by atoms with Crippen LogP contribution in [0.4, 0.5) is 17.6 Å². The van der Waals surface area contributed by atoms with Crippen molar-refractivity contribution in [2.45, 2.75) is 63.3 Å². The number of tetrazole rings is 1. The molecule has 10 nitrogen and oxygen atoms in total. The van der Waals surface area contributed by atoms with E-state index < -0.39 is 23.5 Å². The van der Waals surface area contributed by atoms with Crippen LogP contribution in [-0.4, -0.2) is 60.9 Å². The Labute approximate surface area is 254 Å². The van der Waals surface area contributed by atoms with Crippen LogP contribution in [0.3, 0.4) is 0 Å². The summed E-state index contributed by atoms with van der Waals surface area (Å²) >= 11 is 5.94. The van der Waals surface area contributed by atoms with E-state index in [1.807, 2.05) is 12.1 Å². The highest BCUT2D eigenvalue weighted by Crippen LogP contribution is 2.50. The third kappa shape index (κ3) is 5.28. The highest BCUT2D eigenvalue weighted by atomic mass is 35.5. The van der Waals surface area contributed by atoms with Crippen LogP contribution in [0.5, 0.6) is 11.5 Å². The monoisotopic (exact) mass is 633 g/mol. The maximum atomic E-state index is 14.8. The number of fused-ring (bicyclic) bond motifs is 1. The van der Waals surface area contributed by atoms with Gasteiger partial charge in [0.2, 0.25) is 5.82 Å². The fourth-order valence-electron chi connectivity index (χ4n) is 6.17. The molecule has 2 saturated heterocycles. The molecule has 232 valence electrons. The van der Waals surface area contributed by atoms with Gasteiger partial charge in [-0.3, -0.25) is 4.90 Å². The summed E-state index contributed by atoms with van der Waals surface area (Å²) in [6, 6.07) is 10.0. The molecular formula is C29H28ClF4N7O3. The van der Waals surface area contributed by atoms with Crippen molar-refractivity contribution in [3.05, 3.63) is 69.9 Å². The molecule has 4 aromatic rings. The van der Waals surface area contributed by atoms with Gasteiger partial charge in [0.25, 0.3) is 5.79 Å². The molecule has 1 N–H and O–H groups in total. The van der Waals surface area contributed by atoms with Crippen molar-refractivity contribution in [3.63, 3.8) is 0 Å². The fraction of sp³-hybridized carbons (Fsp3) is 0.448. The smallest absolute Gasteiger partial charge is 0.435 e. The summed E-state index contributed by atoms with van der Waals surface area (Å²) in [7, 11) is 0. The normalized spacial score (nSPS) is 22.4. The number of nitrogens with one attached hydrogen (secondary N) is 1. The summed E-state index contributed by atoms with van der Waals surface area (Å²) in [5.74, 6) is -0.591. The first-order valence-corrected chi connectivity index (χ1v) is 14.7. The number of aromatic amines is 1. The van der Waals surface area contributed by atoms with Crippen LogP contribution in [0.1, 0.15) is 54.7 Å². The lowest BCUT2D eigenvalue weighted by molar-refractivity contribution is -0.140. The van der Waals surface area contributed by atoms with Gasteiger partial charge < -0.3 is 18.8 Å². The van der Waals surface area contributed by atoms with Crippen molar-refractivity contribution in [2.24, 2.45) is 0 Å². The van der Waals surface area contributed by atoms with Crippen LogP contribution < -0.4 is 9.47 Å². The van der Waals surface area contributed by atoms with E-state index in [2.05, 4.69) is 30.5 Å². The van der Waals surface area contributed by atoms with E-state index in [1.165, 1.54) is 10.6 Å². The number of para-hydroxylation sites is 1. The summed E-state index contributed by atoms with van der Waals surface area (Å²) in [6.07, 6.45) is -2.73. The van der Waals surface area contributed by atoms with Gasteiger partial charge in [0.05, 0.1) is 24.8 Å². The molecule has 0 amide bonds. The van der Waals surface area contributed by atoms with Crippen LogP contribution in [0.25, 0.3) is 11.5 Å². The minimum Gasteiger partial charge on any atom is -0.444 e. The van der Waals surface area contributed by atoms with Gasteiger partial charge in [-0.2, -0.15) is 18.4 Å².